The van der Waals surface area contributed by atoms with Crippen molar-refractivity contribution in [2.24, 2.45) is 0 Å². The van der Waals surface area contributed by atoms with E-state index in [9.17, 15) is 15.0 Å². The Bertz CT molecular complexity index is 545. The van der Waals surface area contributed by atoms with Crippen LogP contribution in [0.5, 0.6) is 0 Å². The number of nitrogens with zero attached hydrogens (tertiary/aromatic N) is 2. The largest absolute Gasteiger partial charge is 0.478 e. The molecule has 20 heavy (non-hydrogen) atoms. The van der Waals surface area contributed by atoms with Crippen molar-refractivity contribution in [2.75, 3.05) is 0 Å². The lowest BCUT2D eigenvalue weighted by Gasteiger charge is -2.16. The van der Waals surface area contributed by atoms with E-state index in [1.54, 1.807) is 6.92 Å². The van der Waals surface area contributed by atoms with Gasteiger partial charge in [0.2, 0.25) is 0 Å². The molecule has 2 aliphatic carbocycles. The molecule has 0 radical (unpaired) electrons. The maximum Gasteiger partial charge on any atom is 0.340 e. The van der Waals surface area contributed by atoms with E-state index >= 15 is 0 Å². The number of carboxylic acids is 1. The summed E-state index contributed by atoms with van der Waals surface area (Å²) in [4.78, 5) is 20.3. The van der Waals surface area contributed by atoms with Gasteiger partial charge in [-0.1, -0.05) is 11.8 Å². The van der Waals surface area contributed by atoms with Crippen molar-refractivity contribution >= 4 is 17.7 Å². The van der Waals surface area contributed by atoms with Crippen molar-refractivity contribution < 1.29 is 15.0 Å². The molecular weight excluding hydrogens is 276 g/mol. The molecule has 2 atom stereocenters. The second kappa shape index (κ2) is 5.33. The van der Waals surface area contributed by atoms with Gasteiger partial charge < -0.3 is 10.2 Å². The van der Waals surface area contributed by atoms with Gasteiger partial charge in [-0.3, -0.25) is 0 Å². The van der Waals surface area contributed by atoms with Crippen molar-refractivity contribution in [2.45, 2.75) is 61.3 Å². The van der Waals surface area contributed by atoms with E-state index in [2.05, 4.69) is 9.97 Å². The van der Waals surface area contributed by atoms with E-state index in [0.29, 0.717) is 16.6 Å². The van der Waals surface area contributed by atoms with Crippen molar-refractivity contribution in [1.82, 2.24) is 9.97 Å². The molecule has 1 aromatic rings. The average molecular weight is 294 g/mol. The van der Waals surface area contributed by atoms with Crippen LogP contribution in [-0.4, -0.2) is 37.5 Å². The summed E-state index contributed by atoms with van der Waals surface area (Å²) in [7, 11) is 0. The number of aliphatic hydroxyl groups excluding tert-OH is 1. The van der Waals surface area contributed by atoms with Crippen molar-refractivity contribution in [3.63, 3.8) is 0 Å². The predicted molar refractivity (Wildman–Crippen MR) is 75.2 cm³/mol. The Hall–Kier alpha value is -1.14. The first-order valence-electron chi connectivity index (χ1n) is 7.03. The fraction of sp³-hybridized carbons (Fsp3) is 0.643. The average Bonchev–Trinajstić information content (AvgIpc) is 3.14. The van der Waals surface area contributed by atoms with Gasteiger partial charge in [-0.05, 0) is 39.0 Å². The smallest absolute Gasteiger partial charge is 0.340 e. The van der Waals surface area contributed by atoms with Crippen LogP contribution in [-0.2, 0) is 0 Å². The molecule has 2 fully saturated rings. The lowest BCUT2D eigenvalue weighted by Crippen LogP contribution is -2.17. The molecule has 2 aliphatic rings. The molecule has 0 amide bonds. The Morgan fingerprint density at radius 2 is 2.00 bits per heavy atom. The number of rotatable bonds is 4. The van der Waals surface area contributed by atoms with Crippen LogP contribution in [0, 0.1) is 6.92 Å². The second-order valence-corrected chi connectivity index (χ2v) is 6.81. The number of hydrogen-bond donors (Lipinski definition) is 2. The summed E-state index contributed by atoms with van der Waals surface area (Å²) in [5.74, 6) is 0.173. The monoisotopic (exact) mass is 294 g/mol. The minimum atomic E-state index is -0.986. The number of aliphatic hydroxyl groups is 1. The lowest BCUT2D eigenvalue weighted by molar-refractivity contribution is 0.0690. The molecule has 0 bridgehead atoms. The van der Waals surface area contributed by atoms with Gasteiger partial charge in [0.25, 0.3) is 0 Å². The van der Waals surface area contributed by atoms with Crippen LogP contribution in [0.3, 0.4) is 0 Å². The Balaban J connectivity index is 1.95. The summed E-state index contributed by atoms with van der Waals surface area (Å²) in [6, 6.07) is 0. The number of thioether (sulfide) groups is 1. The number of aryl methyl sites for hydroxylation is 1. The third-order valence-electron chi connectivity index (χ3n) is 3.91. The Kier molecular flexibility index (Phi) is 3.69. The first-order valence-corrected chi connectivity index (χ1v) is 7.90. The zero-order valence-electron chi connectivity index (χ0n) is 11.4. The third kappa shape index (κ3) is 2.67. The molecule has 2 unspecified atom stereocenters. The standard InChI is InChI=1S/C14H18N2O3S/c1-7-11(14(18)19)13(16-12(15-7)8-5-6-8)20-10-4-2-3-9(10)17/h8-10,17H,2-6H2,1H3,(H,18,19). The van der Waals surface area contributed by atoms with Gasteiger partial charge >= 0.3 is 5.97 Å². The maximum atomic E-state index is 11.4. The molecule has 5 nitrogen and oxygen atoms in total. The summed E-state index contributed by atoms with van der Waals surface area (Å²) >= 11 is 1.41. The van der Waals surface area contributed by atoms with Gasteiger partial charge in [0.1, 0.15) is 16.4 Å². The minimum absolute atomic E-state index is 0.0504. The SMILES string of the molecule is Cc1nc(C2CC2)nc(SC2CCCC2O)c1C(=O)O. The highest BCUT2D eigenvalue weighted by Crippen LogP contribution is 2.41. The van der Waals surface area contributed by atoms with Crippen LogP contribution in [0.25, 0.3) is 0 Å². The van der Waals surface area contributed by atoms with E-state index in [1.807, 2.05) is 0 Å². The fourth-order valence-corrected chi connectivity index (χ4v) is 3.97. The Morgan fingerprint density at radius 3 is 2.55 bits per heavy atom. The second-order valence-electron chi connectivity index (χ2n) is 5.58. The van der Waals surface area contributed by atoms with Crippen LogP contribution in [0.4, 0.5) is 0 Å². The van der Waals surface area contributed by atoms with Crippen LogP contribution in [0.15, 0.2) is 5.03 Å². The first-order chi connectivity index (χ1) is 9.56. The van der Waals surface area contributed by atoms with E-state index in [0.717, 1.165) is 37.9 Å². The third-order valence-corrected chi connectivity index (χ3v) is 5.28. The lowest BCUT2D eigenvalue weighted by atomic mass is 10.2. The molecule has 0 saturated heterocycles. The first kappa shape index (κ1) is 13.8. The van der Waals surface area contributed by atoms with E-state index < -0.39 is 5.97 Å². The van der Waals surface area contributed by atoms with Gasteiger partial charge in [-0.15, -0.1) is 0 Å². The van der Waals surface area contributed by atoms with Crippen LogP contribution in [0.2, 0.25) is 0 Å². The molecule has 0 spiro atoms. The number of aromatic nitrogens is 2. The Morgan fingerprint density at radius 1 is 1.25 bits per heavy atom. The molecule has 1 aromatic heterocycles. The van der Waals surface area contributed by atoms with E-state index in [4.69, 9.17) is 0 Å². The molecule has 0 aromatic carbocycles. The normalized spacial score (nSPS) is 25.9. The number of carbonyl (C=O) groups is 1. The molecule has 2 saturated carbocycles. The van der Waals surface area contributed by atoms with Crippen LogP contribution < -0.4 is 0 Å². The van der Waals surface area contributed by atoms with Crippen molar-refractivity contribution in [1.29, 1.82) is 0 Å². The quantitative estimate of drug-likeness (QED) is 0.829. The summed E-state index contributed by atoms with van der Waals surface area (Å²) in [5.41, 5.74) is 0.725. The summed E-state index contributed by atoms with van der Waals surface area (Å²) < 4.78 is 0. The highest BCUT2D eigenvalue weighted by molar-refractivity contribution is 8.00. The molecule has 6 heteroatoms. The van der Waals surface area contributed by atoms with Gasteiger partial charge in [-0.2, -0.15) is 0 Å². The predicted octanol–water partition coefficient (Wildman–Crippen LogP) is 2.37. The molecule has 2 N–H and O–H groups in total. The summed E-state index contributed by atoms with van der Waals surface area (Å²) in [6.45, 7) is 1.73. The number of hydrogen-bond acceptors (Lipinski definition) is 5. The molecule has 1 heterocycles. The van der Waals surface area contributed by atoms with E-state index in [-0.39, 0.29) is 16.9 Å². The van der Waals surface area contributed by atoms with Crippen molar-refractivity contribution in [3.05, 3.63) is 17.1 Å². The fourth-order valence-electron chi connectivity index (χ4n) is 2.61. The van der Waals surface area contributed by atoms with Gasteiger partial charge in [0, 0.05) is 11.2 Å². The van der Waals surface area contributed by atoms with Gasteiger partial charge in [-0.25, -0.2) is 14.8 Å². The van der Waals surface area contributed by atoms with Crippen LogP contribution in [0.1, 0.15) is 59.9 Å². The topological polar surface area (TPSA) is 83.3 Å². The zero-order valence-corrected chi connectivity index (χ0v) is 12.2. The number of carboxylic acid groups (broad SMARTS) is 1. The highest BCUT2D eigenvalue weighted by Gasteiger charge is 2.32. The van der Waals surface area contributed by atoms with Gasteiger partial charge in [0.15, 0.2) is 0 Å². The molecule has 108 valence electrons. The summed E-state index contributed by atoms with van der Waals surface area (Å²) in [6.07, 6.45) is 4.50. The minimum Gasteiger partial charge on any atom is -0.478 e. The zero-order chi connectivity index (χ0) is 14.3. The maximum absolute atomic E-state index is 11.4. The number of aromatic carboxylic acids is 1. The Labute approximate surface area is 121 Å². The molecule has 0 aliphatic heterocycles. The molecular formula is C14H18N2O3S. The van der Waals surface area contributed by atoms with Gasteiger partial charge in [0.05, 0.1) is 11.8 Å². The van der Waals surface area contributed by atoms with Crippen molar-refractivity contribution in [3.8, 4) is 0 Å². The highest BCUT2D eigenvalue weighted by atomic mass is 32.2. The molecule has 3 rings (SSSR count). The van der Waals surface area contributed by atoms with E-state index in [1.165, 1.54) is 11.8 Å². The summed E-state index contributed by atoms with van der Waals surface area (Å²) in [5, 5.41) is 19.9. The van der Waals surface area contributed by atoms with Crippen LogP contribution >= 0.6 is 11.8 Å².